The van der Waals surface area contributed by atoms with E-state index in [1.807, 2.05) is 0 Å². The van der Waals surface area contributed by atoms with Crippen molar-refractivity contribution in [3.63, 3.8) is 0 Å². The molecule has 1 atom stereocenters. The predicted octanol–water partition coefficient (Wildman–Crippen LogP) is 2.52. The fourth-order valence-electron chi connectivity index (χ4n) is 2.84. The largest absolute Gasteiger partial charge is 0.466 e. The molecule has 1 aliphatic rings. The number of nitrogens with one attached hydrogen (secondary N) is 1. The molecular formula is C17H18N2O5. The molecule has 0 radical (unpaired) electrons. The normalized spacial score (nSPS) is 16.4. The SMILES string of the molecule is Cc1cc(C(=O)NCC(O)(c2ccco2)C2CC2)ccc1[N+](=O)[O-]. The van der Waals surface area contributed by atoms with Crippen molar-refractivity contribution in [1.29, 1.82) is 0 Å². The van der Waals surface area contributed by atoms with E-state index in [1.54, 1.807) is 19.1 Å². The summed E-state index contributed by atoms with van der Waals surface area (Å²) in [5, 5.41) is 24.4. The number of aryl methyl sites for hydroxylation is 1. The van der Waals surface area contributed by atoms with Gasteiger partial charge in [-0.15, -0.1) is 0 Å². The topological polar surface area (TPSA) is 106 Å². The van der Waals surface area contributed by atoms with E-state index in [4.69, 9.17) is 4.42 Å². The molecule has 1 unspecified atom stereocenters. The number of nitro benzene ring substituents is 1. The van der Waals surface area contributed by atoms with E-state index in [9.17, 15) is 20.0 Å². The van der Waals surface area contributed by atoms with E-state index >= 15 is 0 Å². The van der Waals surface area contributed by atoms with Crippen molar-refractivity contribution >= 4 is 11.6 Å². The van der Waals surface area contributed by atoms with Gasteiger partial charge in [-0.3, -0.25) is 14.9 Å². The molecule has 1 aromatic heterocycles. The second kappa shape index (κ2) is 6.09. The van der Waals surface area contributed by atoms with Crippen molar-refractivity contribution in [2.24, 2.45) is 5.92 Å². The van der Waals surface area contributed by atoms with Gasteiger partial charge < -0.3 is 14.8 Å². The lowest BCUT2D eigenvalue weighted by Crippen LogP contribution is -2.42. The standard InChI is InChI=1S/C17H18N2O5/c1-11-9-12(4-7-14(11)19(22)23)16(20)18-10-17(21,13-5-6-13)15-3-2-8-24-15/h2-4,7-9,13,21H,5-6,10H2,1H3,(H,18,20). The molecule has 126 valence electrons. The summed E-state index contributed by atoms with van der Waals surface area (Å²) in [6.45, 7) is 1.61. The van der Waals surface area contributed by atoms with E-state index < -0.39 is 16.4 Å². The van der Waals surface area contributed by atoms with Gasteiger partial charge in [0, 0.05) is 17.2 Å². The third-order valence-electron chi connectivity index (χ3n) is 4.37. The molecule has 1 fully saturated rings. The molecule has 1 heterocycles. The van der Waals surface area contributed by atoms with Crippen LogP contribution >= 0.6 is 0 Å². The van der Waals surface area contributed by atoms with E-state index in [1.165, 1.54) is 24.5 Å². The zero-order valence-electron chi connectivity index (χ0n) is 13.2. The van der Waals surface area contributed by atoms with Crippen LogP contribution in [-0.4, -0.2) is 22.5 Å². The second-order valence-electron chi connectivity index (χ2n) is 6.12. The Morgan fingerprint density at radius 1 is 1.46 bits per heavy atom. The van der Waals surface area contributed by atoms with Gasteiger partial charge in [-0.05, 0) is 49.9 Å². The average Bonchev–Trinajstić information content (AvgIpc) is 3.27. The van der Waals surface area contributed by atoms with E-state index in [0.717, 1.165) is 12.8 Å². The summed E-state index contributed by atoms with van der Waals surface area (Å²) < 4.78 is 5.32. The first-order valence-corrected chi connectivity index (χ1v) is 7.71. The smallest absolute Gasteiger partial charge is 0.272 e. The lowest BCUT2D eigenvalue weighted by atomic mass is 9.94. The van der Waals surface area contributed by atoms with Gasteiger partial charge in [0.1, 0.15) is 11.4 Å². The van der Waals surface area contributed by atoms with E-state index in [2.05, 4.69) is 5.32 Å². The van der Waals surface area contributed by atoms with Crippen LogP contribution in [0.4, 0.5) is 5.69 Å². The third kappa shape index (κ3) is 3.03. The highest BCUT2D eigenvalue weighted by atomic mass is 16.6. The maximum Gasteiger partial charge on any atom is 0.272 e. The molecule has 0 aliphatic heterocycles. The zero-order valence-corrected chi connectivity index (χ0v) is 13.2. The van der Waals surface area contributed by atoms with Crippen molar-refractivity contribution in [2.45, 2.75) is 25.4 Å². The summed E-state index contributed by atoms with van der Waals surface area (Å²) in [4.78, 5) is 22.7. The van der Waals surface area contributed by atoms with Crippen molar-refractivity contribution in [3.05, 3.63) is 63.6 Å². The first-order chi connectivity index (χ1) is 11.4. The highest BCUT2D eigenvalue weighted by molar-refractivity contribution is 5.94. The minimum Gasteiger partial charge on any atom is -0.466 e. The summed E-state index contributed by atoms with van der Waals surface area (Å²) in [5.41, 5.74) is -0.530. The number of nitro groups is 1. The molecule has 0 spiro atoms. The van der Waals surface area contributed by atoms with Crippen LogP contribution in [-0.2, 0) is 5.60 Å². The van der Waals surface area contributed by atoms with Gasteiger partial charge in [0.2, 0.25) is 0 Å². The maximum atomic E-state index is 12.3. The van der Waals surface area contributed by atoms with Crippen LogP contribution in [0.2, 0.25) is 0 Å². The Hall–Kier alpha value is -2.67. The van der Waals surface area contributed by atoms with Gasteiger partial charge in [-0.1, -0.05) is 0 Å². The van der Waals surface area contributed by atoms with Crippen LogP contribution in [0.5, 0.6) is 0 Å². The van der Waals surface area contributed by atoms with Crippen LogP contribution in [0.3, 0.4) is 0 Å². The highest BCUT2D eigenvalue weighted by Crippen LogP contribution is 2.45. The van der Waals surface area contributed by atoms with Gasteiger partial charge in [0.25, 0.3) is 11.6 Å². The number of carbonyl (C=O) groups is 1. The van der Waals surface area contributed by atoms with Gasteiger partial charge in [0.05, 0.1) is 17.7 Å². The van der Waals surface area contributed by atoms with E-state index in [0.29, 0.717) is 16.9 Å². The monoisotopic (exact) mass is 330 g/mol. The van der Waals surface area contributed by atoms with Gasteiger partial charge in [-0.2, -0.15) is 0 Å². The van der Waals surface area contributed by atoms with Crippen molar-refractivity contribution in [1.82, 2.24) is 5.32 Å². The number of aliphatic hydroxyl groups is 1. The molecule has 1 amide bonds. The predicted molar refractivity (Wildman–Crippen MR) is 85.5 cm³/mol. The van der Waals surface area contributed by atoms with Gasteiger partial charge in [-0.25, -0.2) is 0 Å². The number of hydrogen-bond acceptors (Lipinski definition) is 5. The summed E-state index contributed by atoms with van der Waals surface area (Å²) in [7, 11) is 0. The van der Waals surface area contributed by atoms with Crippen molar-refractivity contribution < 1.29 is 19.2 Å². The Morgan fingerprint density at radius 2 is 2.21 bits per heavy atom. The molecule has 2 aromatic rings. The number of hydrogen-bond donors (Lipinski definition) is 2. The number of carbonyl (C=O) groups excluding carboxylic acids is 1. The summed E-state index contributed by atoms with van der Waals surface area (Å²) >= 11 is 0. The molecule has 7 nitrogen and oxygen atoms in total. The van der Waals surface area contributed by atoms with Crippen LogP contribution in [0.15, 0.2) is 41.0 Å². The molecule has 1 aliphatic carbocycles. The first-order valence-electron chi connectivity index (χ1n) is 7.71. The lowest BCUT2D eigenvalue weighted by Gasteiger charge is -2.26. The van der Waals surface area contributed by atoms with Crippen LogP contribution < -0.4 is 5.32 Å². The Balaban J connectivity index is 1.73. The Morgan fingerprint density at radius 3 is 2.75 bits per heavy atom. The number of amides is 1. The second-order valence-corrected chi connectivity index (χ2v) is 6.12. The number of nitrogens with zero attached hydrogens (tertiary/aromatic N) is 1. The summed E-state index contributed by atoms with van der Waals surface area (Å²) in [6.07, 6.45) is 3.25. The quantitative estimate of drug-likeness (QED) is 0.625. The van der Waals surface area contributed by atoms with E-state index in [-0.39, 0.29) is 18.2 Å². The average molecular weight is 330 g/mol. The molecule has 24 heavy (non-hydrogen) atoms. The van der Waals surface area contributed by atoms with Gasteiger partial charge in [0.15, 0.2) is 0 Å². The number of rotatable bonds is 6. The fraction of sp³-hybridized carbons (Fsp3) is 0.353. The molecule has 7 heteroatoms. The summed E-state index contributed by atoms with van der Waals surface area (Å²) in [5.74, 6) is 0.103. The maximum absolute atomic E-state index is 12.3. The molecule has 3 rings (SSSR count). The molecule has 0 bridgehead atoms. The third-order valence-corrected chi connectivity index (χ3v) is 4.37. The van der Waals surface area contributed by atoms with Gasteiger partial charge >= 0.3 is 0 Å². The van der Waals surface area contributed by atoms with Crippen LogP contribution in [0, 0.1) is 23.0 Å². The molecule has 2 N–H and O–H groups in total. The highest BCUT2D eigenvalue weighted by Gasteiger charge is 2.47. The van der Waals surface area contributed by atoms with Crippen LogP contribution in [0.25, 0.3) is 0 Å². The molecular weight excluding hydrogens is 312 g/mol. The number of furan rings is 1. The Bertz CT molecular complexity index is 767. The lowest BCUT2D eigenvalue weighted by molar-refractivity contribution is -0.385. The molecule has 0 saturated heterocycles. The molecule has 1 saturated carbocycles. The fourth-order valence-corrected chi connectivity index (χ4v) is 2.84. The summed E-state index contributed by atoms with van der Waals surface area (Å²) in [6, 6.07) is 7.58. The zero-order chi connectivity index (χ0) is 17.3. The first kappa shape index (κ1) is 16.2. The van der Waals surface area contributed by atoms with Crippen LogP contribution in [0.1, 0.15) is 34.5 Å². The Labute approximate surface area is 138 Å². The minimum absolute atomic E-state index is 0.0278. The Kier molecular flexibility index (Phi) is 4.11. The van der Waals surface area contributed by atoms with Crippen molar-refractivity contribution in [3.8, 4) is 0 Å². The number of benzene rings is 1. The van der Waals surface area contributed by atoms with Crippen molar-refractivity contribution in [2.75, 3.05) is 6.54 Å². The minimum atomic E-state index is -1.23. The molecule has 1 aromatic carbocycles.